The quantitative estimate of drug-likeness (QED) is 0.897. The monoisotopic (exact) mass is 324 g/mol. The maximum absolute atomic E-state index is 12.2. The third-order valence-electron chi connectivity index (χ3n) is 3.73. The number of nitrogens with one attached hydrogen (secondary N) is 2. The van der Waals surface area contributed by atoms with Crippen molar-refractivity contribution >= 4 is 21.8 Å². The first-order valence-corrected chi connectivity index (χ1v) is 7.55. The summed E-state index contributed by atoms with van der Waals surface area (Å²) in [5.41, 5.74) is 2.02. The Morgan fingerprint density at radius 3 is 2.95 bits per heavy atom. The minimum Gasteiger partial charge on any atom is -0.351 e. The van der Waals surface area contributed by atoms with E-state index in [0.717, 1.165) is 36.1 Å². The molecule has 1 aliphatic heterocycles. The van der Waals surface area contributed by atoms with Crippen molar-refractivity contribution in [2.45, 2.75) is 26.7 Å². The molecule has 2 N–H and O–H groups in total. The molecule has 0 radical (unpaired) electrons. The molecule has 19 heavy (non-hydrogen) atoms. The van der Waals surface area contributed by atoms with Gasteiger partial charge in [0.25, 0.3) is 5.91 Å². The zero-order valence-electron chi connectivity index (χ0n) is 11.6. The molecular weight excluding hydrogens is 304 g/mol. The number of hydrogen-bond acceptors (Lipinski definition) is 2. The first kappa shape index (κ1) is 14.5. The molecule has 1 aromatic carbocycles. The second-order valence-corrected chi connectivity index (χ2v) is 6.61. The molecule has 1 saturated heterocycles. The average Bonchev–Trinajstić information content (AvgIpc) is 2.37. The number of rotatable bonds is 3. The number of aryl methyl sites for hydroxylation is 1. The highest BCUT2D eigenvalue weighted by atomic mass is 79.9. The van der Waals surface area contributed by atoms with Gasteiger partial charge in [-0.15, -0.1) is 0 Å². The van der Waals surface area contributed by atoms with Crippen LogP contribution < -0.4 is 10.6 Å². The van der Waals surface area contributed by atoms with Crippen LogP contribution in [0.5, 0.6) is 0 Å². The highest BCUT2D eigenvalue weighted by Crippen LogP contribution is 2.25. The molecule has 1 heterocycles. The molecule has 1 aliphatic rings. The molecule has 0 aliphatic carbocycles. The molecule has 2 rings (SSSR count). The fourth-order valence-corrected chi connectivity index (χ4v) is 3.14. The Hall–Kier alpha value is -0.870. The molecule has 0 spiro atoms. The standard InChI is InChI=1S/C15H21BrN2O/c1-11-4-5-12(13(16)8-11)14(19)18-10-15(2)6-3-7-17-9-15/h4-5,8,17H,3,6-7,9-10H2,1-2H3,(H,18,19). The summed E-state index contributed by atoms with van der Waals surface area (Å²) in [6, 6.07) is 5.80. The van der Waals surface area contributed by atoms with Gasteiger partial charge in [-0.3, -0.25) is 4.79 Å². The maximum atomic E-state index is 12.2. The van der Waals surface area contributed by atoms with Gasteiger partial charge in [0.1, 0.15) is 0 Å². The normalized spacial score (nSPS) is 23.1. The molecule has 0 aromatic heterocycles. The molecule has 1 unspecified atom stereocenters. The van der Waals surface area contributed by atoms with Crippen LogP contribution in [0.2, 0.25) is 0 Å². The third-order valence-corrected chi connectivity index (χ3v) is 4.39. The zero-order valence-corrected chi connectivity index (χ0v) is 13.1. The van der Waals surface area contributed by atoms with Crippen molar-refractivity contribution in [2.75, 3.05) is 19.6 Å². The number of hydrogen-bond donors (Lipinski definition) is 2. The summed E-state index contributed by atoms with van der Waals surface area (Å²) in [5, 5.41) is 6.46. The molecule has 1 aromatic rings. The van der Waals surface area contributed by atoms with Crippen molar-refractivity contribution in [1.82, 2.24) is 10.6 Å². The highest BCUT2D eigenvalue weighted by Gasteiger charge is 2.27. The maximum Gasteiger partial charge on any atom is 0.252 e. The van der Waals surface area contributed by atoms with Crippen molar-refractivity contribution in [3.63, 3.8) is 0 Å². The number of carbonyl (C=O) groups is 1. The summed E-state index contributed by atoms with van der Waals surface area (Å²) < 4.78 is 0.858. The van der Waals surface area contributed by atoms with E-state index in [9.17, 15) is 4.79 Å². The van der Waals surface area contributed by atoms with Crippen LogP contribution in [0.15, 0.2) is 22.7 Å². The van der Waals surface area contributed by atoms with Crippen molar-refractivity contribution in [3.8, 4) is 0 Å². The molecule has 104 valence electrons. The lowest BCUT2D eigenvalue weighted by Gasteiger charge is -2.34. The van der Waals surface area contributed by atoms with Crippen molar-refractivity contribution in [1.29, 1.82) is 0 Å². The van der Waals surface area contributed by atoms with Crippen LogP contribution in [0, 0.1) is 12.3 Å². The molecule has 1 fully saturated rings. The van der Waals surface area contributed by atoms with E-state index in [2.05, 4.69) is 33.5 Å². The zero-order chi connectivity index (χ0) is 13.9. The van der Waals surface area contributed by atoms with Gasteiger partial charge in [-0.05, 0) is 65.4 Å². The predicted octanol–water partition coefficient (Wildman–Crippen LogP) is 2.88. The number of halogens is 1. The van der Waals surface area contributed by atoms with Crippen LogP contribution in [-0.2, 0) is 0 Å². The van der Waals surface area contributed by atoms with E-state index in [0.29, 0.717) is 5.56 Å². The Morgan fingerprint density at radius 2 is 2.32 bits per heavy atom. The van der Waals surface area contributed by atoms with Crippen LogP contribution in [-0.4, -0.2) is 25.5 Å². The summed E-state index contributed by atoms with van der Waals surface area (Å²) in [6.45, 7) is 7.03. The van der Waals surface area contributed by atoms with Gasteiger partial charge in [0.15, 0.2) is 0 Å². The first-order chi connectivity index (χ1) is 9.00. The molecule has 1 atom stereocenters. The number of piperidine rings is 1. The summed E-state index contributed by atoms with van der Waals surface area (Å²) in [4.78, 5) is 12.2. The van der Waals surface area contributed by atoms with Crippen molar-refractivity contribution in [2.24, 2.45) is 5.41 Å². The smallest absolute Gasteiger partial charge is 0.252 e. The van der Waals surface area contributed by atoms with E-state index in [1.165, 1.54) is 6.42 Å². The molecule has 4 heteroatoms. The van der Waals surface area contributed by atoms with E-state index in [-0.39, 0.29) is 11.3 Å². The lowest BCUT2D eigenvalue weighted by Crippen LogP contribution is -2.45. The van der Waals surface area contributed by atoms with Gasteiger partial charge in [-0.2, -0.15) is 0 Å². The average molecular weight is 325 g/mol. The number of benzene rings is 1. The topological polar surface area (TPSA) is 41.1 Å². The minimum atomic E-state index is -0.00123. The summed E-state index contributed by atoms with van der Waals surface area (Å²) in [5.74, 6) is -0.00123. The van der Waals surface area contributed by atoms with Gasteiger partial charge in [-0.25, -0.2) is 0 Å². The van der Waals surface area contributed by atoms with E-state index in [1.807, 2.05) is 25.1 Å². The second-order valence-electron chi connectivity index (χ2n) is 5.76. The van der Waals surface area contributed by atoms with E-state index >= 15 is 0 Å². The predicted molar refractivity (Wildman–Crippen MR) is 81.4 cm³/mol. The van der Waals surface area contributed by atoms with Gasteiger partial charge in [0, 0.05) is 17.6 Å². The van der Waals surface area contributed by atoms with Crippen LogP contribution in [0.1, 0.15) is 35.7 Å². The molecular formula is C15H21BrN2O. The third kappa shape index (κ3) is 3.80. The summed E-state index contributed by atoms with van der Waals surface area (Å²) >= 11 is 3.45. The highest BCUT2D eigenvalue weighted by molar-refractivity contribution is 9.10. The van der Waals surface area contributed by atoms with Crippen molar-refractivity contribution < 1.29 is 4.79 Å². The van der Waals surface area contributed by atoms with Crippen LogP contribution in [0.4, 0.5) is 0 Å². The van der Waals surface area contributed by atoms with Crippen LogP contribution in [0.3, 0.4) is 0 Å². The Morgan fingerprint density at radius 1 is 1.53 bits per heavy atom. The largest absolute Gasteiger partial charge is 0.351 e. The van der Waals surface area contributed by atoms with Crippen LogP contribution in [0.25, 0.3) is 0 Å². The van der Waals surface area contributed by atoms with Gasteiger partial charge >= 0.3 is 0 Å². The van der Waals surface area contributed by atoms with E-state index in [1.54, 1.807) is 0 Å². The van der Waals surface area contributed by atoms with E-state index in [4.69, 9.17) is 0 Å². The Kier molecular flexibility index (Phi) is 4.63. The number of amides is 1. The Labute approximate surface area is 123 Å². The second kappa shape index (κ2) is 6.06. The van der Waals surface area contributed by atoms with Crippen LogP contribution >= 0.6 is 15.9 Å². The van der Waals surface area contributed by atoms with Gasteiger partial charge < -0.3 is 10.6 Å². The lowest BCUT2D eigenvalue weighted by molar-refractivity contribution is 0.0924. The fraction of sp³-hybridized carbons (Fsp3) is 0.533. The first-order valence-electron chi connectivity index (χ1n) is 6.75. The Bertz CT molecular complexity index is 467. The van der Waals surface area contributed by atoms with Gasteiger partial charge in [0.2, 0.25) is 0 Å². The lowest BCUT2D eigenvalue weighted by atomic mass is 9.83. The Balaban J connectivity index is 1.97. The molecule has 3 nitrogen and oxygen atoms in total. The van der Waals surface area contributed by atoms with Crippen molar-refractivity contribution in [3.05, 3.63) is 33.8 Å². The van der Waals surface area contributed by atoms with E-state index < -0.39 is 0 Å². The summed E-state index contributed by atoms with van der Waals surface area (Å²) in [7, 11) is 0. The fourth-order valence-electron chi connectivity index (χ4n) is 2.46. The van der Waals surface area contributed by atoms with Gasteiger partial charge in [-0.1, -0.05) is 13.0 Å². The molecule has 1 amide bonds. The number of carbonyl (C=O) groups excluding carboxylic acids is 1. The van der Waals surface area contributed by atoms with Gasteiger partial charge in [0.05, 0.1) is 5.56 Å². The SMILES string of the molecule is Cc1ccc(C(=O)NCC2(C)CCCNC2)c(Br)c1. The molecule has 0 saturated carbocycles. The minimum absolute atomic E-state index is 0.00123. The summed E-state index contributed by atoms with van der Waals surface area (Å²) in [6.07, 6.45) is 2.34. The molecule has 0 bridgehead atoms.